The fourth-order valence-electron chi connectivity index (χ4n) is 2.00. The van der Waals surface area contributed by atoms with Crippen LogP contribution < -0.4 is 4.57 Å². The van der Waals surface area contributed by atoms with Gasteiger partial charge in [-0.1, -0.05) is 26.2 Å². The Morgan fingerprint density at radius 3 is 2.47 bits per heavy atom. The lowest BCUT2D eigenvalue weighted by molar-refractivity contribution is -0.699. The molecule has 0 saturated heterocycles. The Morgan fingerprint density at radius 2 is 1.87 bits per heavy atom. The Bertz CT molecular complexity index is 276. The fraction of sp³-hybridized carbons (Fsp3) is 0.769. The van der Waals surface area contributed by atoms with Crippen LogP contribution >= 0.6 is 0 Å². The van der Waals surface area contributed by atoms with Gasteiger partial charge in [0, 0.05) is 6.92 Å². The van der Waals surface area contributed by atoms with Gasteiger partial charge in [-0.25, -0.2) is 9.13 Å². The van der Waals surface area contributed by atoms with Gasteiger partial charge in [-0.2, -0.15) is 0 Å². The molecule has 0 aliphatic heterocycles. The normalized spacial score (nSPS) is 10.9. The van der Waals surface area contributed by atoms with Crippen LogP contribution in [0.3, 0.4) is 0 Å². The van der Waals surface area contributed by atoms with Crippen LogP contribution in [0, 0.1) is 6.92 Å². The van der Waals surface area contributed by atoms with Crippen molar-refractivity contribution in [2.24, 2.45) is 0 Å². The first-order valence-electron chi connectivity index (χ1n) is 6.34. The maximum absolute atomic E-state index is 2.37. The molecule has 0 saturated carbocycles. The van der Waals surface area contributed by atoms with E-state index < -0.39 is 0 Å². The summed E-state index contributed by atoms with van der Waals surface area (Å²) >= 11 is 0. The van der Waals surface area contributed by atoms with Crippen LogP contribution in [0.5, 0.6) is 0 Å². The maximum Gasteiger partial charge on any atom is 0.253 e. The summed E-state index contributed by atoms with van der Waals surface area (Å²) in [7, 11) is 0. The monoisotopic (exact) mass is 209 g/mol. The zero-order valence-electron chi connectivity index (χ0n) is 10.5. The molecule has 2 nitrogen and oxygen atoms in total. The molecule has 0 amide bonds. The molecule has 1 aromatic rings. The van der Waals surface area contributed by atoms with Crippen LogP contribution in [0.15, 0.2) is 12.4 Å². The zero-order valence-corrected chi connectivity index (χ0v) is 10.5. The van der Waals surface area contributed by atoms with E-state index in [2.05, 4.69) is 42.3 Å². The minimum absolute atomic E-state index is 1.08. The fourth-order valence-corrected chi connectivity index (χ4v) is 2.00. The smallest absolute Gasteiger partial charge is 0.235 e. The van der Waals surface area contributed by atoms with Gasteiger partial charge in [-0.15, -0.1) is 0 Å². The molecule has 0 spiro atoms. The largest absolute Gasteiger partial charge is 0.253 e. The molecular formula is C13H25N2+. The number of hydrogen-bond donors (Lipinski definition) is 0. The van der Waals surface area contributed by atoms with Crippen molar-refractivity contribution in [2.75, 3.05) is 0 Å². The molecular weight excluding hydrogens is 184 g/mol. The lowest BCUT2D eigenvalue weighted by atomic mass is 10.1. The summed E-state index contributed by atoms with van der Waals surface area (Å²) in [6.45, 7) is 8.92. The number of rotatable bonds is 7. The molecule has 0 aliphatic carbocycles. The van der Waals surface area contributed by atoms with Crippen molar-refractivity contribution in [2.45, 2.75) is 66.0 Å². The van der Waals surface area contributed by atoms with E-state index in [0.29, 0.717) is 0 Å². The van der Waals surface area contributed by atoms with E-state index >= 15 is 0 Å². The number of imidazole rings is 1. The van der Waals surface area contributed by atoms with Gasteiger partial charge in [0.15, 0.2) is 0 Å². The van der Waals surface area contributed by atoms with Crippen LogP contribution in [0.25, 0.3) is 0 Å². The predicted molar refractivity (Wildman–Crippen MR) is 63.8 cm³/mol. The maximum atomic E-state index is 2.37. The summed E-state index contributed by atoms with van der Waals surface area (Å²) in [6.07, 6.45) is 11.2. The Balaban J connectivity index is 2.28. The van der Waals surface area contributed by atoms with Gasteiger partial charge in [0.25, 0.3) is 5.82 Å². The number of aryl methyl sites for hydroxylation is 2. The molecule has 0 N–H and O–H groups in total. The standard InChI is InChI=1S/C13H25N2/c1-4-6-7-8-9-10-15-12-11-14(5-2)13(15)3/h11-12H,4-10H2,1-3H3/q+1. The lowest BCUT2D eigenvalue weighted by Gasteiger charge is -2.00. The minimum Gasteiger partial charge on any atom is -0.235 e. The van der Waals surface area contributed by atoms with Crippen LogP contribution in [-0.2, 0) is 13.1 Å². The van der Waals surface area contributed by atoms with Gasteiger partial charge in [0.2, 0.25) is 0 Å². The van der Waals surface area contributed by atoms with E-state index in [9.17, 15) is 0 Å². The molecule has 1 aromatic heterocycles. The minimum atomic E-state index is 1.08. The van der Waals surface area contributed by atoms with Crippen LogP contribution in [0.4, 0.5) is 0 Å². The van der Waals surface area contributed by atoms with Crippen LogP contribution in [-0.4, -0.2) is 4.57 Å². The van der Waals surface area contributed by atoms with Gasteiger partial charge in [0.1, 0.15) is 12.4 Å². The summed E-state index contributed by atoms with van der Waals surface area (Å²) in [6, 6.07) is 0. The molecule has 0 unspecified atom stereocenters. The Labute approximate surface area is 93.9 Å². The summed E-state index contributed by atoms with van der Waals surface area (Å²) in [5, 5.41) is 0. The quantitative estimate of drug-likeness (QED) is 0.482. The predicted octanol–water partition coefficient (Wildman–Crippen LogP) is 3.07. The number of hydrogen-bond acceptors (Lipinski definition) is 0. The van der Waals surface area contributed by atoms with Gasteiger partial charge >= 0.3 is 0 Å². The molecule has 2 heteroatoms. The average Bonchev–Trinajstić information content (AvgIpc) is 2.60. The van der Waals surface area contributed by atoms with Gasteiger partial charge in [-0.3, -0.25) is 0 Å². The molecule has 0 radical (unpaired) electrons. The summed E-state index contributed by atoms with van der Waals surface area (Å²) < 4.78 is 4.67. The number of unbranched alkanes of at least 4 members (excludes halogenated alkanes) is 4. The van der Waals surface area contributed by atoms with E-state index in [0.717, 1.165) is 6.54 Å². The SMILES string of the molecule is CCCCCCCn1cc[n+](CC)c1C. The van der Waals surface area contributed by atoms with Crippen LogP contribution in [0.2, 0.25) is 0 Å². The van der Waals surface area contributed by atoms with Crippen molar-refractivity contribution in [1.29, 1.82) is 0 Å². The second-order valence-electron chi connectivity index (χ2n) is 4.24. The third-order valence-electron chi connectivity index (χ3n) is 3.10. The zero-order chi connectivity index (χ0) is 11.1. The highest BCUT2D eigenvalue weighted by Gasteiger charge is 2.09. The second-order valence-corrected chi connectivity index (χ2v) is 4.24. The molecule has 1 rings (SSSR count). The van der Waals surface area contributed by atoms with Gasteiger partial charge < -0.3 is 0 Å². The van der Waals surface area contributed by atoms with E-state index in [1.807, 2.05) is 0 Å². The van der Waals surface area contributed by atoms with Crippen molar-refractivity contribution in [1.82, 2.24) is 4.57 Å². The highest BCUT2D eigenvalue weighted by atomic mass is 15.1. The van der Waals surface area contributed by atoms with Crippen molar-refractivity contribution < 1.29 is 4.57 Å². The average molecular weight is 209 g/mol. The molecule has 0 aromatic carbocycles. The van der Waals surface area contributed by atoms with E-state index in [1.54, 1.807) is 0 Å². The topological polar surface area (TPSA) is 8.81 Å². The molecule has 0 atom stereocenters. The van der Waals surface area contributed by atoms with Crippen LogP contribution in [0.1, 0.15) is 51.8 Å². The number of aromatic nitrogens is 2. The van der Waals surface area contributed by atoms with E-state index in [1.165, 1.54) is 44.5 Å². The van der Waals surface area contributed by atoms with Crippen molar-refractivity contribution in [3.8, 4) is 0 Å². The van der Waals surface area contributed by atoms with Gasteiger partial charge in [-0.05, 0) is 19.8 Å². The third-order valence-corrected chi connectivity index (χ3v) is 3.10. The van der Waals surface area contributed by atoms with Crippen molar-refractivity contribution in [3.05, 3.63) is 18.2 Å². The summed E-state index contributed by atoms with van der Waals surface area (Å²) in [5.41, 5.74) is 0. The molecule has 1 heterocycles. The third kappa shape index (κ3) is 3.69. The Kier molecular flexibility index (Phi) is 5.44. The summed E-state index contributed by atoms with van der Waals surface area (Å²) in [4.78, 5) is 0. The van der Waals surface area contributed by atoms with E-state index in [-0.39, 0.29) is 0 Å². The number of nitrogens with zero attached hydrogens (tertiary/aromatic N) is 2. The van der Waals surface area contributed by atoms with Crippen molar-refractivity contribution in [3.63, 3.8) is 0 Å². The molecule has 0 aliphatic rings. The van der Waals surface area contributed by atoms with Gasteiger partial charge in [0.05, 0.1) is 13.1 Å². The molecule has 0 fully saturated rings. The Morgan fingerprint density at radius 1 is 1.13 bits per heavy atom. The molecule has 86 valence electrons. The Hall–Kier alpha value is -0.790. The second kappa shape index (κ2) is 6.65. The summed E-state index contributed by atoms with van der Waals surface area (Å²) in [5.74, 6) is 1.38. The first-order chi connectivity index (χ1) is 7.29. The lowest BCUT2D eigenvalue weighted by Crippen LogP contribution is -2.33. The first kappa shape index (κ1) is 12.3. The highest BCUT2D eigenvalue weighted by Crippen LogP contribution is 2.05. The molecule has 0 bridgehead atoms. The highest BCUT2D eigenvalue weighted by molar-refractivity contribution is 4.79. The molecule has 15 heavy (non-hydrogen) atoms. The first-order valence-corrected chi connectivity index (χ1v) is 6.34. The van der Waals surface area contributed by atoms with Crippen molar-refractivity contribution >= 4 is 0 Å². The van der Waals surface area contributed by atoms with E-state index in [4.69, 9.17) is 0 Å².